The SMILES string of the molecule is CCCCCC#CCOCOC. The topological polar surface area (TPSA) is 18.5 Å². The van der Waals surface area contributed by atoms with E-state index in [1.54, 1.807) is 7.11 Å². The summed E-state index contributed by atoms with van der Waals surface area (Å²) in [7, 11) is 1.61. The van der Waals surface area contributed by atoms with E-state index in [2.05, 4.69) is 18.8 Å². The predicted molar refractivity (Wildman–Crippen MR) is 49.7 cm³/mol. The molecule has 0 heterocycles. The number of rotatable bonds is 6. The highest BCUT2D eigenvalue weighted by Gasteiger charge is 1.81. The average Bonchev–Trinajstić information content (AvgIpc) is 2.10. The van der Waals surface area contributed by atoms with Crippen molar-refractivity contribution in [2.45, 2.75) is 32.6 Å². The first-order valence-electron chi connectivity index (χ1n) is 4.44. The van der Waals surface area contributed by atoms with Gasteiger partial charge in [0.05, 0.1) is 0 Å². The van der Waals surface area contributed by atoms with Crippen molar-refractivity contribution in [3.8, 4) is 11.8 Å². The summed E-state index contributed by atoms with van der Waals surface area (Å²) < 4.78 is 9.69. The minimum atomic E-state index is 0.337. The summed E-state index contributed by atoms with van der Waals surface area (Å²) in [6.07, 6.45) is 4.72. The van der Waals surface area contributed by atoms with Crippen LogP contribution in [0.2, 0.25) is 0 Å². The average molecular weight is 170 g/mol. The minimum Gasteiger partial charge on any atom is -0.359 e. The van der Waals surface area contributed by atoms with Crippen molar-refractivity contribution in [1.29, 1.82) is 0 Å². The summed E-state index contributed by atoms with van der Waals surface area (Å²) >= 11 is 0. The molecule has 0 bridgehead atoms. The maximum Gasteiger partial charge on any atom is 0.147 e. The van der Waals surface area contributed by atoms with Gasteiger partial charge in [-0.1, -0.05) is 25.7 Å². The third kappa shape index (κ3) is 9.48. The van der Waals surface area contributed by atoms with Crippen molar-refractivity contribution in [1.82, 2.24) is 0 Å². The van der Waals surface area contributed by atoms with Crippen LogP contribution in [0, 0.1) is 11.8 Å². The molecule has 0 saturated carbocycles. The van der Waals surface area contributed by atoms with Crippen molar-refractivity contribution >= 4 is 0 Å². The van der Waals surface area contributed by atoms with Crippen molar-refractivity contribution in [2.75, 3.05) is 20.5 Å². The standard InChI is InChI=1S/C10H18O2/c1-3-4-5-6-7-8-9-12-10-11-2/h3-6,9-10H2,1-2H3. The van der Waals surface area contributed by atoms with E-state index in [-0.39, 0.29) is 0 Å². The van der Waals surface area contributed by atoms with Crippen LogP contribution >= 0.6 is 0 Å². The van der Waals surface area contributed by atoms with Gasteiger partial charge < -0.3 is 9.47 Å². The van der Waals surface area contributed by atoms with Crippen molar-refractivity contribution < 1.29 is 9.47 Å². The smallest absolute Gasteiger partial charge is 0.147 e. The van der Waals surface area contributed by atoms with Crippen LogP contribution in [-0.4, -0.2) is 20.5 Å². The molecule has 0 N–H and O–H groups in total. The van der Waals surface area contributed by atoms with Gasteiger partial charge in [-0.15, -0.1) is 5.92 Å². The normalized spacial score (nSPS) is 9.17. The molecule has 0 aliphatic rings. The third-order valence-corrected chi connectivity index (χ3v) is 1.41. The number of unbranched alkanes of at least 4 members (excludes halogenated alkanes) is 3. The molecule has 2 nitrogen and oxygen atoms in total. The van der Waals surface area contributed by atoms with Crippen LogP contribution in [0.5, 0.6) is 0 Å². The quantitative estimate of drug-likeness (QED) is 0.345. The van der Waals surface area contributed by atoms with Crippen molar-refractivity contribution in [3.63, 3.8) is 0 Å². The first-order chi connectivity index (χ1) is 5.91. The zero-order valence-electron chi connectivity index (χ0n) is 8.06. The van der Waals surface area contributed by atoms with Gasteiger partial charge >= 0.3 is 0 Å². The Bertz CT molecular complexity index is 119. The molecule has 0 aromatic heterocycles. The van der Waals surface area contributed by atoms with Gasteiger partial charge in [0.1, 0.15) is 13.4 Å². The predicted octanol–water partition coefficient (Wildman–Crippen LogP) is 2.19. The van der Waals surface area contributed by atoms with Crippen LogP contribution in [0.3, 0.4) is 0 Å². The van der Waals surface area contributed by atoms with Crippen LogP contribution in [-0.2, 0) is 9.47 Å². The van der Waals surface area contributed by atoms with E-state index in [0.29, 0.717) is 13.4 Å². The Morgan fingerprint density at radius 2 is 2.00 bits per heavy atom. The third-order valence-electron chi connectivity index (χ3n) is 1.41. The van der Waals surface area contributed by atoms with Crippen LogP contribution in [0.4, 0.5) is 0 Å². The Labute approximate surface area is 75.3 Å². The molecule has 0 amide bonds. The summed E-state index contributed by atoms with van der Waals surface area (Å²) in [6, 6.07) is 0. The van der Waals surface area contributed by atoms with E-state index in [1.165, 1.54) is 19.3 Å². The number of hydrogen-bond acceptors (Lipinski definition) is 2. The van der Waals surface area contributed by atoms with Gasteiger partial charge in [0.25, 0.3) is 0 Å². The lowest BCUT2D eigenvalue weighted by atomic mass is 10.2. The van der Waals surface area contributed by atoms with Gasteiger partial charge in [0.15, 0.2) is 0 Å². The summed E-state index contributed by atoms with van der Waals surface area (Å²) in [6.45, 7) is 3.01. The van der Waals surface area contributed by atoms with Gasteiger partial charge in [-0.05, 0) is 6.42 Å². The molecule has 0 rings (SSSR count). The highest BCUT2D eigenvalue weighted by atomic mass is 16.7. The first kappa shape index (κ1) is 11.5. The van der Waals surface area contributed by atoms with Gasteiger partial charge in [0.2, 0.25) is 0 Å². The molecule has 0 atom stereocenters. The molecule has 0 aliphatic heterocycles. The molecule has 70 valence electrons. The molecular formula is C10H18O2. The minimum absolute atomic E-state index is 0.337. The van der Waals surface area contributed by atoms with Crippen LogP contribution in [0.25, 0.3) is 0 Å². The summed E-state index contributed by atoms with van der Waals surface area (Å²) in [5, 5.41) is 0. The molecule has 2 heteroatoms. The molecule has 0 aromatic carbocycles. The Morgan fingerprint density at radius 3 is 2.67 bits per heavy atom. The van der Waals surface area contributed by atoms with Crippen LogP contribution in [0.15, 0.2) is 0 Å². The fourth-order valence-corrected chi connectivity index (χ4v) is 0.779. The van der Waals surface area contributed by atoms with E-state index in [9.17, 15) is 0 Å². The Morgan fingerprint density at radius 1 is 1.17 bits per heavy atom. The molecule has 0 radical (unpaired) electrons. The Hall–Kier alpha value is -0.520. The zero-order valence-corrected chi connectivity index (χ0v) is 8.06. The fourth-order valence-electron chi connectivity index (χ4n) is 0.779. The summed E-state index contributed by atoms with van der Waals surface area (Å²) in [4.78, 5) is 0. The molecule has 0 spiro atoms. The van der Waals surface area contributed by atoms with E-state index in [0.717, 1.165) is 6.42 Å². The number of methoxy groups -OCH3 is 1. The monoisotopic (exact) mass is 170 g/mol. The van der Waals surface area contributed by atoms with E-state index < -0.39 is 0 Å². The Balaban J connectivity index is 3.01. The second-order valence-corrected chi connectivity index (χ2v) is 2.57. The molecule has 0 saturated heterocycles. The maximum atomic E-state index is 4.99. The van der Waals surface area contributed by atoms with Gasteiger partial charge in [-0.25, -0.2) is 0 Å². The van der Waals surface area contributed by atoms with E-state index in [4.69, 9.17) is 9.47 Å². The van der Waals surface area contributed by atoms with Gasteiger partial charge in [0, 0.05) is 13.5 Å². The van der Waals surface area contributed by atoms with Crippen LogP contribution < -0.4 is 0 Å². The number of ether oxygens (including phenoxy) is 2. The summed E-state index contributed by atoms with van der Waals surface area (Å²) in [5.41, 5.74) is 0. The van der Waals surface area contributed by atoms with E-state index in [1.807, 2.05) is 0 Å². The lowest BCUT2D eigenvalue weighted by Crippen LogP contribution is -1.95. The van der Waals surface area contributed by atoms with Gasteiger partial charge in [-0.3, -0.25) is 0 Å². The molecule has 0 aromatic rings. The Kier molecular flexibility index (Phi) is 10.0. The maximum absolute atomic E-state index is 4.99. The fraction of sp³-hybridized carbons (Fsp3) is 0.800. The lowest BCUT2D eigenvalue weighted by molar-refractivity contribution is -0.0166. The highest BCUT2D eigenvalue weighted by Crippen LogP contribution is 1.96. The largest absolute Gasteiger partial charge is 0.359 e. The first-order valence-corrected chi connectivity index (χ1v) is 4.44. The van der Waals surface area contributed by atoms with E-state index >= 15 is 0 Å². The van der Waals surface area contributed by atoms with Gasteiger partial charge in [-0.2, -0.15) is 0 Å². The molecule has 12 heavy (non-hydrogen) atoms. The van der Waals surface area contributed by atoms with Crippen LogP contribution in [0.1, 0.15) is 32.6 Å². The molecule has 0 fully saturated rings. The second-order valence-electron chi connectivity index (χ2n) is 2.57. The number of hydrogen-bond donors (Lipinski definition) is 0. The molecule has 0 aliphatic carbocycles. The molecular weight excluding hydrogens is 152 g/mol. The summed E-state index contributed by atoms with van der Waals surface area (Å²) in [5.74, 6) is 5.98. The lowest BCUT2D eigenvalue weighted by Gasteiger charge is -1.94. The van der Waals surface area contributed by atoms with Crippen molar-refractivity contribution in [3.05, 3.63) is 0 Å². The molecule has 0 unspecified atom stereocenters. The highest BCUT2D eigenvalue weighted by molar-refractivity contribution is 4.98. The second kappa shape index (κ2) is 10.5. The van der Waals surface area contributed by atoms with Crippen molar-refractivity contribution in [2.24, 2.45) is 0 Å². The zero-order chi connectivity index (χ0) is 9.07.